The first-order valence-electron chi connectivity index (χ1n) is 5.50. The van der Waals surface area contributed by atoms with Crippen molar-refractivity contribution in [2.24, 2.45) is 0 Å². The lowest BCUT2D eigenvalue weighted by atomic mass is 10.2. The smallest absolute Gasteiger partial charge is 0.225 e. The number of amides is 1. The van der Waals surface area contributed by atoms with Gasteiger partial charge in [-0.15, -0.1) is 0 Å². The monoisotopic (exact) mass is 274 g/mol. The summed E-state index contributed by atoms with van der Waals surface area (Å²) in [6.45, 7) is 4.82. The first kappa shape index (κ1) is 14.3. The van der Waals surface area contributed by atoms with Gasteiger partial charge < -0.3 is 10.6 Å². The molecule has 1 aromatic carbocycles. The Hall–Kier alpha value is -0.770. The van der Waals surface area contributed by atoms with E-state index in [1.54, 1.807) is 18.2 Å². The molecule has 1 amide bonds. The minimum atomic E-state index is -0.0585. The highest BCUT2D eigenvalue weighted by atomic mass is 35.5. The summed E-state index contributed by atoms with van der Waals surface area (Å²) in [4.78, 5) is 11.7. The van der Waals surface area contributed by atoms with Gasteiger partial charge in [0.15, 0.2) is 0 Å². The zero-order valence-electron chi connectivity index (χ0n) is 9.89. The molecule has 0 radical (unpaired) electrons. The summed E-state index contributed by atoms with van der Waals surface area (Å²) in [5.74, 6) is -0.0585. The summed E-state index contributed by atoms with van der Waals surface area (Å²) in [5.41, 5.74) is 0.621. The first-order valence-corrected chi connectivity index (χ1v) is 6.26. The molecule has 0 aliphatic heterocycles. The van der Waals surface area contributed by atoms with Crippen molar-refractivity contribution in [1.82, 2.24) is 5.32 Å². The number of anilines is 1. The molecule has 5 heteroatoms. The van der Waals surface area contributed by atoms with Crippen LogP contribution in [0.5, 0.6) is 0 Å². The molecule has 0 fully saturated rings. The number of hydrogen-bond donors (Lipinski definition) is 2. The van der Waals surface area contributed by atoms with E-state index in [9.17, 15) is 4.79 Å². The average Bonchev–Trinajstić information content (AvgIpc) is 2.14. The number of carbonyl (C=O) groups is 1. The Bertz CT molecular complexity index is 376. The van der Waals surface area contributed by atoms with Gasteiger partial charge in [0.05, 0.1) is 0 Å². The van der Waals surface area contributed by atoms with Gasteiger partial charge in [0.2, 0.25) is 5.91 Å². The van der Waals surface area contributed by atoms with Crippen molar-refractivity contribution >= 4 is 34.8 Å². The maximum atomic E-state index is 11.7. The molecule has 2 N–H and O–H groups in total. The Kier molecular flexibility index (Phi) is 5.75. The molecule has 0 aromatic heterocycles. The molecule has 1 atom stereocenters. The lowest BCUT2D eigenvalue weighted by molar-refractivity contribution is -0.116. The maximum Gasteiger partial charge on any atom is 0.225 e. The van der Waals surface area contributed by atoms with Gasteiger partial charge in [-0.2, -0.15) is 0 Å². The standard InChI is InChI=1S/C12H16Cl2N2O/c1-3-15-8(2)4-12(17)16-11-6-9(13)5-10(14)7-11/h5-8,15H,3-4H2,1-2H3,(H,16,17). The van der Waals surface area contributed by atoms with E-state index in [0.29, 0.717) is 22.2 Å². The van der Waals surface area contributed by atoms with Gasteiger partial charge in [-0.3, -0.25) is 4.79 Å². The van der Waals surface area contributed by atoms with E-state index in [1.165, 1.54) is 0 Å². The molecule has 0 spiro atoms. The van der Waals surface area contributed by atoms with E-state index in [2.05, 4.69) is 10.6 Å². The third-order valence-electron chi connectivity index (χ3n) is 2.19. The quantitative estimate of drug-likeness (QED) is 0.865. The first-order chi connectivity index (χ1) is 8.01. The molecule has 1 unspecified atom stereocenters. The Morgan fingerprint density at radius 2 is 1.88 bits per heavy atom. The molecule has 0 aliphatic carbocycles. The molecule has 0 bridgehead atoms. The van der Waals surface area contributed by atoms with Gasteiger partial charge >= 0.3 is 0 Å². The van der Waals surface area contributed by atoms with Gasteiger partial charge in [-0.1, -0.05) is 30.1 Å². The van der Waals surface area contributed by atoms with E-state index in [0.717, 1.165) is 6.54 Å². The highest BCUT2D eigenvalue weighted by Crippen LogP contribution is 2.22. The van der Waals surface area contributed by atoms with E-state index in [4.69, 9.17) is 23.2 Å². The summed E-state index contributed by atoms with van der Waals surface area (Å²) in [5, 5.41) is 6.95. The summed E-state index contributed by atoms with van der Waals surface area (Å²) >= 11 is 11.7. The molecular formula is C12H16Cl2N2O. The van der Waals surface area contributed by atoms with Gasteiger partial charge in [-0.05, 0) is 31.7 Å². The normalized spacial score (nSPS) is 12.2. The Balaban J connectivity index is 2.56. The van der Waals surface area contributed by atoms with Crippen molar-refractivity contribution in [3.8, 4) is 0 Å². The molecule has 1 rings (SSSR count). The van der Waals surface area contributed by atoms with Gasteiger partial charge in [0.25, 0.3) is 0 Å². The molecule has 0 aliphatic rings. The lowest BCUT2D eigenvalue weighted by Crippen LogP contribution is -2.30. The highest BCUT2D eigenvalue weighted by molar-refractivity contribution is 6.35. The van der Waals surface area contributed by atoms with Crippen LogP contribution in [0.3, 0.4) is 0 Å². The van der Waals surface area contributed by atoms with Crippen molar-refractivity contribution in [2.45, 2.75) is 26.3 Å². The second kappa shape index (κ2) is 6.84. The molecule has 3 nitrogen and oxygen atoms in total. The average molecular weight is 275 g/mol. The predicted octanol–water partition coefficient (Wildman–Crippen LogP) is 3.32. The fraction of sp³-hybridized carbons (Fsp3) is 0.417. The van der Waals surface area contributed by atoms with Crippen molar-refractivity contribution in [3.05, 3.63) is 28.2 Å². The number of hydrogen-bond acceptors (Lipinski definition) is 2. The molecule has 94 valence electrons. The van der Waals surface area contributed by atoms with Gasteiger partial charge in [0, 0.05) is 28.2 Å². The van der Waals surface area contributed by atoms with Gasteiger partial charge in [0.1, 0.15) is 0 Å². The molecule has 17 heavy (non-hydrogen) atoms. The Labute approximate surface area is 111 Å². The van der Waals surface area contributed by atoms with Crippen LogP contribution in [0.1, 0.15) is 20.3 Å². The van der Waals surface area contributed by atoms with E-state index < -0.39 is 0 Å². The van der Waals surface area contributed by atoms with Crippen LogP contribution in [0.4, 0.5) is 5.69 Å². The lowest BCUT2D eigenvalue weighted by Gasteiger charge is -2.12. The largest absolute Gasteiger partial charge is 0.326 e. The zero-order valence-corrected chi connectivity index (χ0v) is 11.4. The number of benzene rings is 1. The topological polar surface area (TPSA) is 41.1 Å². The number of halogens is 2. The highest BCUT2D eigenvalue weighted by Gasteiger charge is 2.08. The molecule has 1 aromatic rings. The van der Waals surface area contributed by atoms with Crippen molar-refractivity contribution in [1.29, 1.82) is 0 Å². The van der Waals surface area contributed by atoms with Crippen molar-refractivity contribution in [3.63, 3.8) is 0 Å². The minimum Gasteiger partial charge on any atom is -0.326 e. The van der Waals surface area contributed by atoms with E-state index >= 15 is 0 Å². The number of carbonyl (C=O) groups excluding carboxylic acids is 1. The maximum absolute atomic E-state index is 11.7. The van der Waals surface area contributed by atoms with Crippen LogP contribution in [0.2, 0.25) is 10.0 Å². The molecule has 0 heterocycles. The van der Waals surface area contributed by atoms with Crippen LogP contribution >= 0.6 is 23.2 Å². The minimum absolute atomic E-state index is 0.0585. The second-order valence-corrected chi connectivity index (χ2v) is 4.74. The summed E-state index contributed by atoms with van der Waals surface area (Å²) in [6.07, 6.45) is 0.415. The van der Waals surface area contributed by atoms with Crippen LogP contribution in [-0.2, 0) is 4.79 Å². The summed E-state index contributed by atoms with van der Waals surface area (Å²) < 4.78 is 0. The second-order valence-electron chi connectivity index (χ2n) is 3.87. The molecular weight excluding hydrogens is 259 g/mol. The fourth-order valence-corrected chi connectivity index (χ4v) is 2.06. The third-order valence-corrected chi connectivity index (χ3v) is 2.63. The van der Waals surface area contributed by atoms with Crippen molar-refractivity contribution < 1.29 is 4.79 Å². The summed E-state index contributed by atoms with van der Waals surface area (Å²) in [6, 6.07) is 5.11. The fourth-order valence-electron chi connectivity index (χ4n) is 1.54. The number of rotatable bonds is 5. The van der Waals surface area contributed by atoms with E-state index in [1.807, 2.05) is 13.8 Å². The van der Waals surface area contributed by atoms with Crippen LogP contribution in [0.15, 0.2) is 18.2 Å². The number of nitrogens with one attached hydrogen (secondary N) is 2. The van der Waals surface area contributed by atoms with Gasteiger partial charge in [-0.25, -0.2) is 0 Å². The Morgan fingerprint density at radius 3 is 2.41 bits per heavy atom. The Morgan fingerprint density at radius 1 is 1.29 bits per heavy atom. The van der Waals surface area contributed by atoms with Crippen molar-refractivity contribution in [2.75, 3.05) is 11.9 Å². The van der Waals surface area contributed by atoms with Crippen LogP contribution < -0.4 is 10.6 Å². The van der Waals surface area contributed by atoms with Crippen LogP contribution in [0, 0.1) is 0 Å². The molecule has 0 saturated carbocycles. The predicted molar refractivity (Wildman–Crippen MR) is 72.8 cm³/mol. The summed E-state index contributed by atoms with van der Waals surface area (Å²) in [7, 11) is 0. The van der Waals surface area contributed by atoms with E-state index in [-0.39, 0.29) is 11.9 Å². The molecule has 0 saturated heterocycles. The SMILES string of the molecule is CCNC(C)CC(=O)Nc1cc(Cl)cc(Cl)c1. The zero-order chi connectivity index (χ0) is 12.8. The third kappa shape index (κ3) is 5.39. The van der Waals surface area contributed by atoms with Crippen LogP contribution in [0.25, 0.3) is 0 Å². The van der Waals surface area contributed by atoms with Crippen LogP contribution in [-0.4, -0.2) is 18.5 Å².